The molecule has 1 N–H and O–H groups in total. The van der Waals surface area contributed by atoms with Crippen LogP contribution in [0.3, 0.4) is 0 Å². The lowest BCUT2D eigenvalue weighted by molar-refractivity contribution is -0.0670. The molecule has 0 aliphatic carbocycles. The smallest absolute Gasteiger partial charge is 0.276 e. The molecule has 3 aromatic rings. The van der Waals surface area contributed by atoms with Crippen LogP contribution in [0.5, 0.6) is 0 Å². The van der Waals surface area contributed by atoms with E-state index < -0.39 is 5.60 Å². The summed E-state index contributed by atoms with van der Waals surface area (Å²) < 4.78 is 5.39. The van der Waals surface area contributed by atoms with Gasteiger partial charge < -0.3 is 14.4 Å². The highest BCUT2D eigenvalue weighted by Gasteiger charge is 2.40. The molecule has 0 saturated carbocycles. The van der Waals surface area contributed by atoms with Gasteiger partial charge in [0.05, 0.1) is 36.3 Å². The fourth-order valence-electron chi connectivity index (χ4n) is 2.76. The van der Waals surface area contributed by atoms with Crippen LogP contribution in [0.25, 0.3) is 11.3 Å². The Hall–Kier alpha value is -2.58. The minimum atomic E-state index is -0.800. The second kappa shape index (κ2) is 6.05. The number of aromatic nitrogens is 3. The van der Waals surface area contributed by atoms with Gasteiger partial charge in [0, 0.05) is 22.8 Å². The first-order valence-electron chi connectivity index (χ1n) is 7.80. The molecule has 1 aliphatic heterocycles. The Kier molecular flexibility index (Phi) is 3.85. The number of oxazole rings is 1. The Labute approximate surface area is 148 Å². The van der Waals surface area contributed by atoms with E-state index in [2.05, 4.69) is 15.0 Å². The molecule has 4 heterocycles. The zero-order valence-corrected chi connectivity index (χ0v) is 14.4. The van der Waals surface area contributed by atoms with E-state index in [4.69, 9.17) is 4.42 Å². The van der Waals surface area contributed by atoms with Crippen molar-refractivity contribution in [1.82, 2.24) is 19.9 Å². The van der Waals surface area contributed by atoms with Crippen molar-refractivity contribution in [3.05, 3.63) is 52.8 Å². The molecular formula is C17H16N4O3S. The summed E-state index contributed by atoms with van der Waals surface area (Å²) in [6.07, 6.45) is 3.53. The van der Waals surface area contributed by atoms with Crippen LogP contribution in [0.2, 0.25) is 0 Å². The van der Waals surface area contributed by atoms with E-state index in [1.807, 2.05) is 17.5 Å². The minimum absolute atomic E-state index is 0.228. The lowest BCUT2D eigenvalue weighted by Crippen LogP contribution is -2.61. The number of rotatable bonds is 4. The molecule has 7 nitrogen and oxygen atoms in total. The van der Waals surface area contributed by atoms with Gasteiger partial charge in [-0.05, 0) is 19.1 Å². The number of pyridine rings is 1. The summed E-state index contributed by atoms with van der Waals surface area (Å²) in [6, 6.07) is 3.85. The molecule has 0 atom stereocenters. The number of likely N-dealkylation sites (tertiary alicyclic amines) is 1. The number of thiazole rings is 1. The van der Waals surface area contributed by atoms with Gasteiger partial charge in [-0.15, -0.1) is 11.3 Å². The highest BCUT2D eigenvalue weighted by atomic mass is 32.1. The minimum Gasteiger partial charge on any atom is -0.448 e. The summed E-state index contributed by atoms with van der Waals surface area (Å²) in [5.74, 6) is 0.206. The third kappa shape index (κ3) is 3.31. The summed E-state index contributed by atoms with van der Waals surface area (Å²) in [7, 11) is 0. The van der Waals surface area contributed by atoms with Crippen LogP contribution in [0, 0.1) is 0 Å². The SMILES string of the molecule is CC1(O)CN(C(=O)c2coc(Cc3ccc(-c4cscn4)cn3)n2)C1. The van der Waals surface area contributed by atoms with Crippen molar-refractivity contribution < 1.29 is 14.3 Å². The maximum atomic E-state index is 12.2. The highest BCUT2D eigenvalue weighted by Crippen LogP contribution is 2.22. The molecule has 0 aromatic carbocycles. The summed E-state index contributed by atoms with van der Waals surface area (Å²) in [4.78, 5) is 26.7. The summed E-state index contributed by atoms with van der Waals surface area (Å²) in [5.41, 5.74) is 3.89. The first-order valence-corrected chi connectivity index (χ1v) is 8.74. The van der Waals surface area contributed by atoms with Crippen molar-refractivity contribution in [1.29, 1.82) is 0 Å². The average molecular weight is 356 g/mol. The third-order valence-electron chi connectivity index (χ3n) is 4.01. The van der Waals surface area contributed by atoms with Crippen LogP contribution < -0.4 is 0 Å². The molecule has 0 radical (unpaired) electrons. The fourth-order valence-corrected chi connectivity index (χ4v) is 3.32. The fraction of sp³-hybridized carbons (Fsp3) is 0.294. The van der Waals surface area contributed by atoms with Crippen LogP contribution in [-0.2, 0) is 6.42 Å². The van der Waals surface area contributed by atoms with Crippen LogP contribution in [0.4, 0.5) is 0 Å². The maximum absolute atomic E-state index is 12.2. The molecule has 3 aromatic heterocycles. The molecule has 4 rings (SSSR count). The van der Waals surface area contributed by atoms with E-state index in [0.717, 1.165) is 17.0 Å². The first-order chi connectivity index (χ1) is 12.0. The van der Waals surface area contributed by atoms with Crippen molar-refractivity contribution in [2.75, 3.05) is 13.1 Å². The zero-order chi connectivity index (χ0) is 17.4. The molecule has 1 aliphatic rings. The molecule has 0 unspecified atom stereocenters. The largest absolute Gasteiger partial charge is 0.448 e. The quantitative estimate of drug-likeness (QED) is 0.768. The predicted octanol–water partition coefficient (Wildman–Crippen LogP) is 1.99. The van der Waals surface area contributed by atoms with Gasteiger partial charge in [-0.25, -0.2) is 9.97 Å². The number of hydrogen-bond donors (Lipinski definition) is 1. The number of carbonyl (C=O) groups is 1. The van der Waals surface area contributed by atoms with Gasteiger partial charge in [-0.2, -0.15) is 0 Å². The molecular weight excluding hydrogens is 340 g/mol. The average Bonchev–Trinajstić information content (AvgIpc) is 3.24. The zero-order valence-electron chi connectivity index (χ0n) is 13.5. The van der Waals surface area contributed by atoms with Crippen molar-refractivity contribution in [2.45, 2.75) is 18.9 Å². The normalized spacial score (nSPS) is 15.8. The van der Waals surface area contributed by atoms with Crippen molar-refractivity contribution in [3.63, 3.8) is 0 Å². The van der Waals surface area contributed by atoms with Crippen LogP contribution in [0.1, 0.15) is 29.0 Å². The summed E-state index contributed by atoms with van der Waals surface area (Å²) in [5, 5.41) is 11.7. The number of nitrogens with zero attached hydrogens (tertiary/aromatic N) is 4. The summed E-state index contributed by atoms with van der Waals surface area (Å²) in [6.45, 7) is 2.33. The molecule has 25 heavy (non-hydrogen) atoms. The van der Waals surface area contributed by atoms with Crippen LogP contribution in [0.15, 0.2) is 39.9 Å². The standard InChI is InChI=1S/C17H16N4O3S/c1-17(23)8-21(9-17)16(22)13-6-24-15(20-13)4-12-3-2-11(5-18-12)14-7-25-10-19-14/h2-3,5-7,10,23H,4,8-9H2,1H3. The number of β-amino-alcohol motifs (C(OH)–C–C–N with tert-alkyl or cyclic N) is 1. The highest BCUT2D eigenvalue weighted by molar-refractivity contribution is 7.07. The number of amides is 1. The maximum Gasteiger partial charge on any atom is 0.276 e. The Bertz CT molecular complexity index is 879. The van der Waals surface area contributed by atoms with Gasteiger partial charge in [0.15, 0.2) is 5.69 Å². The summed E-state index contributed by atoms with van der Waals surface area (Å²) >= 11 is 1.54. The lowest BCUT2D eigenvalue weighted by atomic mass is 9.97. The Morgan fingerprint density at radius 3 is 2.88 bits per heavy atom. The van der Waals surface area contributed by atoms with E-state index in [-0.39, 0.29) is 11.6 Å². The predicted molar refractivity (Wildman–Crippen MR) is 91.2 cm³/mol. The second-order valence-electron chi connectivity index (χ2n) is 6.37. The van der Waals surface area contributed by atoms with E-state index in [1.54, 1.807) is 23.5 Å². The third-order valence-corrected chi connectivity index (χ3v) is 4.59. The topological polar surface area (TPSA) is 92.3 Å². The van der Waals surface area contributed by atoms with Crippen molar-refractivity contribution >= 4 is 17.2 Å². The van der Waals surface area contributed by atoms with Crippen LogP contribution in [-0.4, -0.2) is 49.6 Å². The van der Waals surface area contributed by atoms with E-state index in [1.165, 1.54) is 17.6 Å². The molecule has 8 heteroatoms. The van der Waals surface area contributed by atoms with Gasteiger partial charge in [0.25, 0.3) is 5.91 Å². The molecule has 0 spiro atoms. The van der Waals surface area contributed by atoms with Gasteiger partial charge in [0.2, 0.25) is 5.89 Å². The van der Waals surface area contributed by atoms with Gasteiger partial charge in [-0.3, -0.25) is 9.78 Å². The molecule has 128 valence electrons. The van der Waals surface area contributed by atoms with Gasteiger partial charge >= 0.3 is 0 Å². The lowest BCUT2D eigenvalue weighted by Gasteiger charge is -2.43. The van der Waals surface area contributed by atoms with Crippen molar-refractivity contribution in [2.24, 2.45) is 0 Å². The molecule has 1 fully saturated rings. The van der Waals surface area contributed by atoms with E-state index >= 15 is 0 Å². The second-order valence-corrected chi connectivity index (χ2v) is 7.09. The molecule has 0 bridgehead atoms. The monoisotopic (exact) mass is 356 g/mol. The van der Waals surface area contributed by atoms with Crippen LogP contribution >= 0.6 is 11.3 Å². The van der Waals surface area contributed by atoms with E-state index in [9.17, 15) is 9.90 Å². The Balaban J connectivity index is 1.42. The Morgan fingerprint density at radius 1 is 1.40 bits per heavy atom. The molecule has 1 amide bonds. The number of aliphatic hydroxyl groups is 1. The van der Waals surface area contributed by atoms with Crippen molar-refractivity contribution in [3.8, 4) is 11.3 Å². The molecule has 1 saturated heterocycles. The van der Waals surface area contributed by atoms with E-state index in [0.29, 0.717) is 25.4 Å². The first kappa shape index (κ1) is 15.9. The Morgan fingerprint density at radius 2 is 2.24 bits per heavy atom. The van der Waals surface area contributed by atoms with Gasteiger partial charge in [-0.1, -0.05) is 0 Å². The number of carbonyl (C=O) groups excluding carboxylic acids is 1. The van der Waals surface area contributed by atoms with Gasteiger partial charge in [0.1, 0.15) is 6.26 Å². The number of hydrogen-bond acceptors (Lipinski definition) is 7.